The number of aromatic nitrogens is 1. The van der Waals surface area contributed by atoms with Crippen LogP contribution in [0.5, 0.6) is 11.5 Å². The van der Waals surface area contributed by atoms with Crippen LogP contribution in [0, 0.1) is 0 Å². The fourth-order valence-electron chi connectivity index (χ4n) is 2.59. The van der Waals surface area contributed by atoms with Gasteiger partial charge in [0.1, 0.15) is 12.2 Å². The SMILES string of the molecule is CCn1cc(C(=O)OCCN(C)C)c(=O)c2cc3c(cc21)OCO3. The summed E-state index contributed by atoms with van der Waals surface area (Å²) >= 11 is 0. The van der Waals surface area contributed by atoms with Crippen molar-refractivity contribution in [1.82, 2.24) is 9.47 Å². The highest BCUT2D eigenvalue weighted by Gasteiger charge is 2.21. The Kier molecular flexibility index (Phi) is 4.44. The van der Waals surface area contributed by atoms with Crippen molar-refractivity contribution in [2.75, 3.05) is 34.0 Å². The number of hydrogen-bond donors (Lipinski definition) is 0. The van der Waals surface area contributed by atoms with Gasteiger partial charge in [-0.1, -0.05) is 0 Å². The number of aryl methyl sites for hydroxylation is 1. The number of fused-ring (bicyclic) bond motifs is 2. The molecule has 0 saturated heterocycles. The van der Waals surface area contributed by atoms with Crippen molar-refractivity contribution in [1.29, 1.82) is 0 Å². The van der Waals surface area contributed by atoms with Crippen LogP contribution in [0.1, 0.15) is 17.3 Å². The molecule has 1 aromatic heterocycles. The van der Waals surface area contributed by atoms with Gasteiger partial charge in [-0.3, -0.25) is 4.79 Å². The lowest BCUT2D eigenvalue weighted by Gasteiger charge is -2.13. The molecule has 1 aliphatic heterocycles. The van der Waals surface area contributed by atoms with Crippen LogP contribution in [0.25, 0.3) is 10.9 Å². The average Bonchev–Trinajstić information content (AvgIpc) is 3.00. The second-order valence-electron chi connectivity index (χ2n) is 5.82. The molecular formula is C17H20N2O5. The van der Waals surface area contributed by atoms with E-state index in [9.17, 15) is 9.59 Å². The second-order valence-corrected chi connectivity index (χ2v) is 5.82. The van der Waals surface area contributed by atoms with Gasteiger partial charge in [-0.2, -0.15) is 0 Å². The summed E-state index contributed by atoms with van der Waals surface area (Å²) in [5.41, 5.74) is 0.376. The van der Waals surface area contributed by atoms with Crippen LogP contribution >= 0.6 is 0 Å². The number of pyridine rings is 1. The van der Waals surface area contributed by atoms with Gasteiger partial charge in [0.05, 0.1) is 10.9 Å². The van der Waals surface area contributed by atoms with E-state index >= 15 is 0 Å². The Morgan fingerprint density at radius 1 is 1.29 bits per heavy atom. The number of carbonyl (C=O) groups is 1. The van der Waals surface area contributed by atoms with E-state index < -0.39 is 5.97 Å². The van der Waals surface area contributed by atoms with E-state index in [2.05, 4.69) is 0 Å². The second kappa shape index (κ2) is 6.52. The smallest absolute Gasteiger partial charge is 0.343 e. The van der Waals surface area contributed by atoms with Crippen molar-refractivity contribution < 1.29 is 19.0 Å². The molecule has 0 spiro atoms. The van der Waals surface area contributed by atoms with E-state index in [0.29, 0.717) is 35.5 Å². The number of hydrogen-bond acceptors (Lipinski definition) is 6. The minimum Gasteiger partial charge on any atom is -0.461 e. The van der Waals surface area contributed by atoms with E-state index in [1.165, 1.54) is 0 Å². The number of rotatable bonds is 5. The Hall–Kier alpha value is -2.54. The number of esters is 1. The van der Waals surface area contributed by atoms with E-state index in [4.69, 9.17) is 14.2 Å². The van der Waals surface area contributed by atoms with E-state index in [1.54, 1.807) is 18.3 Å². The third kappa shape index (κ3) is 2.94. The molecule has 1 aromatic carbocycles. The lowest BCUT2D eigenvalue weighted by Crippen LogP contribution is -2.24. The summed E-state index contributed by atoms with van der Waals surface area (Å²) in [6.07, 6.45) is 1.55. The zero-order valence-corrected chi connectivity index (χ0v) is 14.0. The highest BCUT2D eigenvalue weighted by atomic mass is 16.7. The Balaban J connectivity index is 2.03. The van der Waals surface area contributed by atoms with Gasteiger partial charge in [0.15, 0.2) is 11.5 Å². The largest absolute Gasteiger partial charge is 0.461 e. The maximum Gasteiger partial charge on any atom is 0.343 e. The molecule has 0 fully saturated rings. The summed E-state index contributed by atoms with van der Waals surface area (Å²) in [5.74, 6) is 0.509. The van der Waals surface area contributed by atoms with Crippen molar-refractivity contribution in [3.8, 4) is 11.5 Å². The van der Waals surface area contributed by atoms with Crippen molar-refractivity contribution >= 4 is 16.9 Å². The Morgan fingerprint density at radius 2 is 2.00 bits per heavy atom. The van der Waals surface area contributed by atoms with Crippen LogP contribution in [0.15, 0.2) is 23.1 Å². The van der Waals surface area contributed by atoms with Gasteiger partial charge in [-0.25, -0.2) is 4.79 Å². The molecule has 1 aliphatic rings. The molecule has 0 amide bonds. The molecule has 0 aliphatic carbocycles. The van der Waals surface area contributed by atoms with Gasteiger partial charge < -0.3 is 23.7 Å². The summed E-state index contributed by atoms with van der Waals surface area (Å²) < 4.78 is 17.7. The molecule has 24 heavy (non-hydrogen) atoms. The van der Waals surface area contributed by atoms with Gasteiger partial charge in [0.2, 0.25) is 12.2 Å². The normalized spacial score (nSPS) is 12.8. The van der Waals surface area contributed by atoms with Gasteiger partial charge >= 0.3 is 5.97 Å². The average molecular weight is 332 g/mol. The molecule has 0 N–H and O–H groups in total. The molecule has 0 atom stereocenters. The highest BCUT2D eigenvalue weighted by Crippen LogP contribution is 2.35. The molecule has 0 bridgehead atoms. The standard InChI is InChI=1S/C17H20N2O5/c1-4-19-9-12(17(21)22-6-5-18(2)3)16(20)11-7-14-15(8-13(11)19)24-10-23-14/h7-9H,4-6,10H2,1-3H3. The van der Waals surface area contributed by atoms with E-state index in [0.717, 1.165) is 0 Å². The summed E-state index contributed by atoms with van der Waals surface area (Å²) in [6, 6.07) is 3.40. The maximum absolute atomic E-state index is 12.7. The van der Waals surface area contributed by atoms with Crippen LogP contribution in [0.2, 0.25) is 0 Å². The number of likely N-dealkylation sites (N-methyl/N-ethyl adjacent to an activating group) is 1. The third-order valence-corrected chi connectivity index (χ3v) is 3.91. The maximum atomic E-state index is 12.7. The molecule has 0 unspecified atom stereocenters. The number of benzene rings is 1. The van der Waals surface area contributed by atoms with Crippen molar-refractivity contribution in [3.63, 3.8) is 0 Å². The number of ether oxygens (including phenoxy) is 3. The first-order valence-electron chi connectivity index (χ1n) is 7.80. The van der Waals surface area contributed by atoms with Crippen LogP contribution in [0.3, 0.4) is 0 Å². The topological polar surface area (TPSA) is 70.0 Å². The first kappa shape index (κ1) is 16.3. The van der Waals surface area contributed by atoms with Crippen molar-refractivity contribution in [2.24, 2.45) is 0 Å². The van der Waals surface area contributed by atoms with Crippen LogP contribution in [-0.2, 0) is 11.3 Å². The Bertz CT molecular complexity index is 841. The van der Waals surface area contributed by atoms with Crippen molar-refractivity contribution in [3.05, 3.63) is 34.1 Å². The molecule has 7 nitrogen and oxygen atoms in total. The van der Waals surface area contributed by atoms with Gasteiger partial charge in [-0.05, 0) is 27.1 Å². The molecule has 7 heteroatoms. The molecule has 128 valence electrons. The lowest BCUT2D eigenvalue weighted by atomic mass is 10.1. The summed E-state index contributed by atoms with van der Waals surface area (Å²) in [7, 11) is 3.77. The quantitative estimate of drug-likeness (QED) is 0.772. The molecule has 0 radical (unpaired) electrons. The summed E-state index contributed by atoms with van der Waals surface area (Å²) in [5, 5.41) is 0.420. The van der Waals surface area contributed by atoms with E-state index in [-0.39, 0.29) is 24.4 Å². The van der Waals surface area contributed by atoms with Gasteiger partial charge in [0, 0.05) is 25.4 Å². The molecule has 2 aromatic rings. The lowest BCUT2D eigenvalue weighted by molar-refractivity contribution is 0.0479. The monoisotopic (exact) mass is 332 g/mol. The first-order valence-corrected chi connectivity index (χ1v) is 7.80. The Morgan fingerprint density at radius 3 is 2.67 bits per heavy atom. The molecule has 3 rings (SSSR count). The first-order chi connectivity index (χ1) is 11.5. The molecule has 2 heterocycles. The van der Waals surface area contributed by atoms with E-state index in [1.807, 2.05) is 30.5 Å². The predicted octanol–water partition coefficient (Wildman–Crippen LogP) is 1.47. The van der Waals surface area contributed by atoms with Crippen LogP contribution in [0.4, 0.5) is 0 Å². The van der Waals surface area contributed by atoms with Crippen molar-refractivity contribution in [2.45, 2.75) is 13.5 Å². The minimum absolute atomic E-state index is 0.0296. The fourth-order valence-corrected chi connectivity index (χ4v) is 2.59. The van der Waals surface area contributed by atoms with Gasteiger partial charge in [0.25, 0.3) is 0 Å². The summed E-state index contributed by atoms with van der Waals surface area (Å²) in [4.78, 5) is 26.9. The highest BCUT2D eigenvalue weighted by molar-refractivity contribution is 5.94. The minimum atomic E-state index is -0.608. The van der Waals surface area contributed by atoms with Gasteiger partial charge in [-0.15, -0.1) is 0 Å². The van der Waals surface area contributed by atoms with Crippen LogP contribution in [-0.4, -0.2) is 49.5 Å². The zero-order chi connectivity index (χ0) is 17.3. The zero-order valence-electron chi connectivity index (χ0n) is 14.0. The fraction of sp³-hybridized carbons (Fsp3) is 0.412. The predicted molar refractivity (Wildman–Crippen MR) is 88.8 cm³/mol. The number of carbonyl (C=O) groups excluding carboxylic acids is 1. The third-order valence-electron chi connectivity index (χ3n) is 3.91. The number of nitrogens with zero attached hydrogens (tertiary/aromatic N) is 2. The Labute approximate surface area is 139 Å². The molecular weight excluding hydrogens is 312 g/mol. The van der Waals surface area contributed by atoms with Crippen LogP contribution < -0.4 is 14.9 Å². The summed E-state index contributed by atoms with van der Waals surface area (Å²) in [6.45, 7) is 3.51. The molecule has 0 saturated carbocycles.